The third-order valence-electron chi connectivity index (χ3n) is 3.77. The van der Waals surface area contributed by atoms with Gasteiger partial charge in [-0.1, -0.05) is 13.3 Å². The Balaban J connectivity index is 2.01. The molecule has 1 aromatic heterocycles. The molecular weight excluding hydrogens is 228 g/mol. The fourth-order valence-corrected chi connectivity index (χ4v) is 2.70. The first-order valence-corrected chi connectivity index (χ1v) is 6.73. The highest BCUT2D eigenvalue weighted by Gasteiger charge is 2.40. The zero-order valence-corrected chi connectivity index (χ0v) is 11.2. The number of rotatable bonds is 5. The molecule has 4 heteroatoms. The van der Waals surface area contributed by atoms with Gasteiger partial charge in [0.2, 0.25) is 5.91 Å². The van der Waals surface area contributed by atoms with E-state index in [4.69, 9.17) is 4.42 Å². The van der Waals surface area contributed by atoms with Gasteiger partial charge < -0.3 is 15.1 Å². The Morgan fingerprint density at radius 3 is 3.06 bits per heavy atom. The average Bonchev–Trinajstić information content (AvgIpc) is 3.00. The number of amides is 1. The number of carbonyl (C=O) groups excluding carboxylic acids is 1. The van der Waals surface area contributed by atoms with Crippen LogP contribution in [0.15, 0.2) is 22.8 Å². The monoisotopic (exact) mass is 250 g/mol. The third-order valence-corrected chi connectivity index (χ3v) is 3.77. The summed E-state index contributed by atoms with van der Waals surface area (Å²) in [5.41, 5.74) is -0.227. The van der Waals surface area contributed by atoms with Gasteiger partial charge in [-0.05, 0) is 38.4 Å². The van der Waals surface area contributed by atoms with E-state index in [1.165, 1.54) is 0 Å². The van der Waals surface area contributed by atoms with Crippen molar-refractivity contribution >= 4 is 5.91 Å². The van der Waals surface area contributed by atoms with E-state index in [0.29, 0.717) is 0 Å². The SMILES string of the molecule is CCCC1(C(=O)N[C@H](C)c2ccco2)CCNC1. The largest absolute Gasteiger partial charge is 0.467 e. The van der Waals surface area contributed by atoms with Crippen molar-refractivity contribution < 1.29 is 9.21 Å². The maximum Gasteiger partial charge on any atom is 0.228 e. The second kappa shape index (κ2) is 5.57. The van der Waals surface area contributed by atoms with Gasteiger partial charge in [0.25, 0.3) is 0 Å². The molecule has 1 aliphatic heterocycles. The summed E-state index contributed by atoms with van der Waals surface area (Å²) in [6, 6.07) is 3.67. The molecule has 0 spiro atoms. The van der Waals surface area contributed by atoms with Crippen LogP contribution >= 0.6 is 0 Å². The van der Waals surface area contributed by atoms with Gasteiger partial charge in [0.1, 0.15) is 5.76 Å². The lowest BCUT2D eigenvalue weighted by Gasteiger charge is -2.28. The Morgan fingerprint density at radius 2 is 2.50 bits per heavy atom. The summed E-state index contributed by atoms with van der Waals surface area (Å²) in [7, 11) is 0. The van der Waals surface area contributed by atoms with Crippen molar-refractivity contribution in [2.75, 3.05) is 13.1 Å². The number of hydrogen-bond donors (Lipinski definition) is 2. The molecule has 1 amide bonds. The standard InChI is InChI=1S/C14H22N2O2/c1-3-6-14(7-8-15-10-14)13(17)16-11(2)12-5-4-9-18-12/h4-5,9,11,15H,3,6-8,10H2,1-2H3,(H,16,17)/t11-,14?/m1/s1. The Morgan fingerprint density at radius 1 is 1.67 bits per heavy atom. The van der Waals surface area contributed by atoms with Crippen LogP contribution in [0.2, 0.25) is 0 Å². The molecule has 2 heterocycles. The van der Waals surface area contributed by atoms with Gasteiger partial charge in [0.05, 0.1) is 17.7 Å². The lowest BCUT2D eigenvalue weighted by atomic mass is 9.81. The minimum Gasteiger partial charge on any atom is -0.467 e. The second-order valence-electron chi connectivity index (χ2n) is 5.17. The second-order valence-corrected chi connectivity index (χ2v) is 5.17. The number of nitrogens with one attached hydrogen (secondary N) is 2. The maximum atomic E-state index is 12.5. The van der Waals surface area contributed by atoms with Crippen molar-refractivity contribution in [2.45, 2.75) is 39.2 Å². The molecule has 0 bridgehead atoms. The lowest BCUT2D eigenvalue weighted by Crippen LogP contribution is -2.43. The molecule has 18 heavy (non-hydrogen) atoms. The number of hydrogen-bond acceptors (Lipinski definition) is 3. The number of carbonyl (C=O) groups is 1. The highest BCUT2D eigenvalue weighted by molar-refractivity contribution is 5.83. The normalized spacial score (nSPS) is 25.0. The van der Waals surface area contributed by atoms with Gasteiger partial charge in [-0.3, -0.25) is 4.79 Å². The Labute approximate surface area is 108 Å². The van der Waals surface area contributed by atoms with Gasteiger partial charge in [0.15, 0.2) is 0 Å². The van der Waals surface area contributed by atoms with Crippen LogP contribution in [0.1, 0.15) is 44.9 Å². The fourth-order valence-electron chi connectivity index (χ4n) is 2.70. The molecule has 1 aliphatic rings. The van der Waals surface area contributed by atoms with Crippen molar-refractivity contribution in [1.82, 2.24) is 10.6 Å². The summed E-state index contributed by atoms with van der Waals surface area (Å²) in [4.78, 5) is 12.5. The summed E-state index contributed by atoms with van der Waals surface area (Å²) < 4.78 is 5.32. The summed E-state index contributed by atoms with van der Waals surface area (Å²) in [6.45, 7) is 5.81. The first-order valence-electron chi connectivity index (χ1n) is 6.73. The van der Waals surface area contributed by atoms with E-state index in [2.05, 4.69) is 17.6 Å². The molecule has 0 saturated carbocycles. The van der Waals surface area contributed by atoms with Crippen LogP contribution in [-0.2, 0) is 4.79 Å². The van der Waals surface area contributed by atoms with Gasteiger partial charge in [-0.2, -0.15) is 0 Å². The minimum absolute atomic E-state index is 0.0677. The van der Waals surface area contributed by atoms with E-state index in [-0.39, 0.29) is 17.4 Å². The van der Waals surface area contributed by atoms with Gasteiger partial charge in [-0.15, -0.1) is 0 Å². The Hall–Kier alpha value is -1.29. The molecule has 1 aromatic rings. The zero-order valence-electron chi connectivity index (χ0n) is 11.2. The zero-order chi connectivity index (χ0) is 13.0. The van der Waals surface area contributed by atoms with Crippen LogP contribution in [0.5, 0.6) is 0 Å². The van der Waals surface area contributed by atoms with Crippen LogP contribution < -0.4 is 10.6 Å². The Kier molecular flexibility index (Phi) is 4.07. The van der Waals surface area contributed by atoms with Crippen LogP contribution in [0.4, 0.5) is 0 Å². The summed E-state index contributed by atoms with van der Waals surface area (Å²) >= 11 is 0. The molecule has 2 rings (SSSR count). The molecule has 1 unspecified atom stereocenters. The molecular formula is C14H22N2O2. The molecule has 0 aromatic carbocycles. The van der Waals surface area contributed by atoms with Gasteiger partial charge in [-0.25, -0.2) is 0 Å². The summed E-state index contributed by atoms with van der Waals surface area (Å²) in [5, 5.41) is 6.38. The molecule has 4 nitrogen and oxygen atoms in total. The quantitative estimate of drug-likeness (QED) is 0.842. The molecule has 0 aliphatic carbocycles. The van der Waals surface area contributed by atoms with Crippen molar-refractivity contribution in [3.8, 4) is 0 Å². The maximum absolute atomic E-state index is 12.5. The average molecular weight is 250 g/mol. The smallest absolute Gasteiger partial charge is 0.228 e. The van der Waals surface area contributed by atoms with Crippen LogP contribution in [0, 0.1) is 5.41 Å². The predicted octanol–water partition coefficient (Wildman–Crippen LogP) is 2.24. The van der Waals surface area contributed by atoms with Gasteiger partial charge in [0, 0.05) is 6.54 Å². The third kappa shape index (κ3) is 2.58. The van der Waals surface area contributed by atoms with Gasteiger partial charge >= 0.3 is 0 Å². The summed E-state index contributed by atoms with van der Waals surface area (Å²) in [6.07, 6.45) is 4.54. The van der Waals surface area contributed by atoms with E-state index in [1.807, 2.05) is 19.1 Å². The molecule has 1 fully saturated rings. The Bertz CT molecular complexity index is 381. The molecule has 2 N–H and O–H groups in total. The van der Waals surface area contributed by atoms with E-state index >= 15 is 0 Å². The first kappa shape index (κ1) is 13.1. The molecule has 1 saturated heterocycles. The molecule has 0 radical (unpaired) electrons. The van der Waals surface area contributed by atoms with E-state index < -0.39 is 0 Å². The van der Waals surface area contributed by atoms with Crippen LogP contribution in [-0.4, -0.2) is 19.0 Å². The fraction of sp³-hybridized carbons (Fsp3) is 0.643. The van der Waals surface area contributed by atoms with E-state index in [9.17, 15) is 4.79 Å². The summed E-state index contributed by atoms with van der Waals surface area (Å²) in [5.74, 6) is 0.958. The molecule has 100 valence electrons. The lowest BCUT2D eigenvalue weighted by molar-refractivity contribution is -0.131. The van der Waals surface area contributed by atoms with Crippen molar-refractivity contribution in [3.63, 3.8) is 0 Å². The highest BCUT2D eigenvalue weighted by atomic mass is 16.3. The van der Waals surface area contributed by atoms with Crippen molar-refractivity contribution in [3.05, 3.63) is 24.2 Å². The molecule has 2 atom stereocenters. The topological polar surface area (TPSA) is 54.3 Å². The first-order chi connectivity index (χ1) is 8.68. The highest BCUT2D eigenvalue weighted by Crippen LogP contribution is 2.32. The van der Waals surface area contributed by atoms with E-state index in [0.717, 1.165) is 38.1 Å². The van der Waals surface area contributed by atoms with Crippen molar-refractivity contribution in [1.29, 1.82) is 0 Å². The minimum atomic E-state index is -0.227. The van der Waals surface area contributed by atoms with Crippen molar-refractivity contribution in [2.24, 2.45) is 5.41 Å². The predicted molar refractivity (Wildman–Crippen MR) is 70.1 cm³/mol. The van der Waals surface area contributed by atoms with Crippen LogP contribution in [0.3, 0.4) is 0 Å². The van der Waals surface area contributed by atoms with E-state index in [1.54, 1.807) is 6.26 Å². The number of furan rings is 1. The van der Waals surface area contributed by atoms with Crippen LogP contribution in [0.25, 0.3) is 0 Å².